The van der Waals surface area contributed by atoms with Crippen molar-refractivity contribution < 1.29 is 27.4 Å². The van der Waals surface area contributed by atoms with Crippen LogP contribution in [0.3, 0.4) is 0 Å². The molecule has 0 fully saturated rings. The number of nitrogens with two attached hydrogens (primary N) is 1. The van der Waals surface area contributed by atoms with Crippen LogP contribution in [0.25, 0.3) is 11.1 Å². The first-order valence-electron chi connectivity index (χ1n) is 11.1. The maximum Gasteiger partial charge on any atom is 0.573 e. The van der Waals surface area contributed by atoms with Gasteiger partial charge in [0.15, 0.2) is 0 Å². The molecule has 1 aliphatic rings. The van der Waals surface area contributed by atoms with Crippen LogP contribution < -0.4 is 21.2 Å². The van der Waals surface area contributed by atoms with Gasteiger partial charge in [0.05, 0.1) is 11.6 Å². The van der Waals surface area contributed by atoms with Gasteiger partial charge in [-0.25, -0.2) is 4.98 Å². The van der Waals surface area contributed by atoms with Gasteiger partial charge >= 0.3 is 6.36 Å². The predicted octanol–water partition coefficient (Wildman–Crippen LogP) is 4.57. The first kappa shape index (κ1) is 26.5. The zero-order chi connectivity index (χ0) is 25.8. The third-order valence-electron chi connectivity index (χ3n) is 5.36. The van der Waals surface area contributed by atoms with Crippen molar-refractivity contribution in [3.8, 4) is 16.9 Å². The number of hydrogen-bond acceptors (Lipinski definition) is 7. The number of para-hydroxylation sites is 1. The van der Waals surface area contributed by atoms with Gasteiger partial charge in [-0.1, -0.05) is 37.8 Å². The van der Waals surface area contributed by atoms with E-state index in [0.29, 0.717) is 18.9 Å². The standard InChI is InChI=1S/C23H30F3N5O3Si/c1-15-18(13-28-31(15)14-33-11-12-35(2,3)4)22(32)30-20-10-9-17(21(27)29-20)16-7-5-6-8-19(16)34-23(24,25)26/h5-10,13,15,28H,11-12,14H2,1-4H3,(H3,27,29,30,32). The molecule has 0 bridgehead atoms. The molecule has 3 rings (SSSR count). The Bertz CT molecular complexity index is 1090. The molecule has 0 spiro atoms. The van der Waals surface area contributed by atoms with E-state index in [1.54, 1.807) is 12.3 Å². The first-order valence-corrected chi connectivity index (χ1v) is 14.8. The van der Waals surface area contributed by atoms with Crippen LogP contribution in [-0.2, 0) is 9.53 Å². The topological polar surface area (TPSA) is 102 Å². The Morgan fingerprint density at radius 3 is 2.57 bits per heavy atom. The van der Waals surface area contributed by atoms with E-state index in [1.807, 2.05) is 11.9 Å². The minimum absolute atomic E-state index is 0.0509. The Morgan fingerprint density at radius 2 is 1.91 bits per heavy atom. The predicted molar refractivity (Wildman–Crippen MR) is 131 cm³/mol. The molecule has 4 N–H and O–H groups in total. The van der Waals surface area contributed by atoms with Crippen molar-refractivity contribution in [2.45, 2.75) is 45.0 Å². The molecule has 0 aliphatic carbocycles. The molecule has 8 nitrogen and oxygen atoms in total. The van der Waals surface area contributed by atoms with Gasteiger partial charge in [0.2, 0.25) is 0 Å². The number of benzene rings is 1. The summed E-state index contributed by atoms with van der Waals surface area (Å²) in [6, 6.07) is 9.39. The number of rotatable bonds is 9. The molecular weight excluding hydrogens is 479 g/mol. The molecule has 1 amide bonds. The number of alkyl halides is 3. The highest BCUT2D eigenvalue weighted by Crippen LogP contribution is 2.36. The summed E-state index contributed by atoms with van der Waals surface area (Å²) < 4.78 is 48.1. The molecule has 1 aromatic carbocycles. The Kier molecular flexibility index (Phi) is 8.08. The number of halogens is 3. The van der Waals surface area contributed by atoms with Gasteiger partial charge in [0.25, 0.3) is 5.91 Å². The van der Waals surface area contributed by atoms with Crippen molar-refractivity contribution >= 4 is 25.6 Å². The summed E-state index contributed by atoms with van der Waals surface area (Å²) in [4.78, 5) is 17.0. The van der Waals surface area contributed by atoms with E-state index < -0.39 is 20.2 Å². The van der Waals surface area contributed by atoms with Crippen LogP contribution in [0.1, 0.15) is 6.92 Å². The Hall–Kier alpha value is -3.09. The molecule has 0 saturated carbocycles. The van der Waals surface area contributed by atoms with Gasteiger partial charge in [0.1, 0.15) is 24.1 Å². The van der Waals surface area contributed by atoms with E-state index in [1.165, 1.54) is 30.3 Å². The van der Waals surface area contributed by atoms with Crippen molar-refractivity contribution in [2.75, 3.05) is 24.4 Å². The summed E-state index contributed by atoms with van der Waals surface area (Å²) in [5.74, 6) is -0.656. The molecule has 35 heavy (non-hydrogen) atoms. The second kappa shape index (κ2) is 10.7. The van der Waals surface area contributed by atoms with Gasteiger partial charge in [-0.15, -0.1) is 13.2 Å². The maximum atomic E-state index is 12.8. The van der Waals surface area contributed by atoms with E-state index in [4.69, 9.17) is 10.5 Å². The lowest BCUT2D eigenvalue weighted by molar-refractivity contribution is -0.274. The van der Waals surface area contributed by atoms with Crippen LogP contribution in [0.5, 0.6) is 5.75 Å². The Balaban J connectivity index is 1.63. The molecule has 12 heteroatoms. The lowest BCUT2D eigenvalue weighted by atomic mass is 10.1. The van der Waals surface area contributed by atoms with E-state index >= 15 is 0 Å². The molecule has 190 valence electrons. The number of anilines is 2. The van der Waals surface area contributed by atoms with Crippen LogP contribution in [0.2, 0.25) is 25.7 Å². The number of hydrogen-bond donors (Lipinski definition) is 3. The van der Waals surface area contributed by atoms with Crippen LogP contribution in [-0.4, -0.2) is 49.7 Å². The smallest absolute Gasteiger partial charge is 0.405 e. The molecule has 0 radical (unpaired) electrons. The SMILES string of the molecule is CC1C(C(=O)Nc2ccc(-c3ccccc3OC(F)(F)F)c(N)n2)=CNN1COCC[Si](C)(C)C. The minimum atomic E-state index is -4.85. The number of hydrazine groups is 1. The lowest BCUT2D eigenvalue weighted by Gasteiger charge is -2.23. The number of nitrogen functional groups attached to an aromatic ring is 1. The third-order valence-corrected chi connectivity index (χ3v) is 7.07. The number of carbonyl (C=O) groups is 1. The van der Waals surface area contributed by atoms with Gasteiger partial charge in [-0.05, 0) is 31.2 Å². The average molecular weight is 510 g/mol. The van der Waals surface area contributed by atoms with Crippen molar-refractivity contribution in [3.63, 3.8) is 0 Å². The number of ether oxygens (including phenoxy) is 2. The monoisotopic (exact) mass is 509 g/mol. The van der Waals surface area contributed by atoms with E-state index in [9.17, 15) is 18.0 Å². The largest absolute Gasteiger partial charge is 0.573 e. The van der Waals surface area contributed by atoms with Crippen molar-refractivity contribution in [2.24, 2.45) is 0 Å². The normalized spacial score (nSPS) is 16.5. The highest BCUT2D eigenvalue weighted by molar-refractivity contribution is 6.76. The summed E-state index contributed by atoms with van der Waals surface area (Å²) in [6.07, 6.45) is -3.25. The van der Waals surface area contributed by atoms with Gasteiger partial charge in [-0.2, -0.15) is 5.01 Å². The van der Waals surface area contributed by atoms with E-state index in [2.05, 4.69) is 40.1 Å². The quantitative estimate of drug-likeness (QED) is 0.336. The van der Waals surface area contributed by atoms with Crippen molar-refractivity contribution in [1.82, 2.24) is 15.4 Å². The molecule has 1 aromatic heterocycles. The second-order valence-electron chi connectivity index (χ2n) is 9.35. The first-order chi connectivity index (χ1) is 16.3. The number of aromatic nitrogens is 1. The van der Waals surface area contributed by atoms with Crippen molar-refractivity contribution in [3.05, 3.63) is 48.2 Å². The number of nitrogens with one attached hydrogen (secondary N) is 2. The maximum absolute atomic E-state index is 12.8. The molecule has 2 heterocycles. The summed E-state index contributed by atoms with van der Waals surface area (Å²) in [5, 5.41) is 4.49. The van der Waals surface area contributed by atoms with Crippen LogP contribution in [0.15, 0.2) is 48.2 Å². The number of pyridine rings is 1. The average Bonchev–Trinajstić information content (AvgIpc) is 3.11. The number of amides is 1. The zero-order valence-corrected chi connectivity index (χ0v) is 21.1. The van der Waals surface area contributed by atoms with Crippen molar-refractivity contribution in [1.29, 1.82) is 0 Å². The molecule has 2 aromatic rings. The van der Waals surface area contributed by atoms with Crippen LogP contribution in [0.4, 0.5) is 24.8 Å². The Labute approximate surface area is 203 Å². The summed E-state index contributed by atoms with van der Waals surface area (Å²) in [6.45, 7) is 9.70. The second-order valence-corrected chi connectivity index (χ2v) is 15.0. The van der Waals surface area contributed by atoms with E-state index in [-0.39, 0.29) is 34.7 Å². The summed E-state index contributed by atoms with van der Waals surface area (Å²) in [7, 11) is -1.19. The third kappa shape index (κ3) is 7.44. The van der Waals surface area contributed by atoms with Crippen LogP contribution in [0, 0.1) is 0 Å². The molecular formula is C23H30F3N5O3Si. The zero-order valence-electron chi connectivity index (χ0n) is 20.1. The van der Waals surface area contributed by atoms with Gasteiger partial charge in [0, 0.05) is 32.0 Å². The fourth-order valence-corrected chi connectivity index (χ4v) is 4.12. The summed E-state index contributed by atoms with van der Waals surface area (Å²) in [5.41, 5.74) is 9.91. The fourth-order valence-electron chi connectivity index (χ4n) is 3.36. The minimum Gasteiger partial charge on any atom is -0.405 e. The van der Waals surface area contributed by atoms with E-state index in [0.717, 1.165) is 6.04 Å². The van der Waals surface area contributed by atoms with Gasteiger partial charge < -0.3 is 25.9 Å². The molecule has 1 aliphatic heterocycles. The van der Waals surface area contributed by atoms with Crippen LogP contribution >= 0.6 is 0 Å². The highest BCUT2D eigenvalue weighted by Gasteiger charge is 2.32. The highest BCUT2D eigenvalue weighted by atomic mass is 28.3. The summed E-state index contributed by atoms with van der Waals surface area (Å²) >= 11 is 0. The number of carbonyl (C=O) groups excluding carboxylic acids is 1. The molecule has 0 saturated heterocycles. The lowest BCUT2D eigenvalue weighted by Crippen LogP contribution is -2.40. The molecule has 1 atom stereocenters. The fraction of sp³-hybridized carbons (Fsp3) is 0.391. The Morgan fingerprint density at radius 1 is 1.20 bits per heavy atom. The molecule has 1 unspecified atom stereocenters. The number of nitrogens with zero attached hydrogens (tertiary/aromatic N) is 2. The van der Waals surface area contributed by atoms with Gasteiger partial charge in [-0.3, -0.25) is 4.79 Å².